The molecular weight excluding hydrogens is 300 g/mol. The molecule has 0 fully saturated rings. The highest BCUT2D eigenvalue weighted by Crippen LogP contribution is 2.22. The Morgan fingerprint density at radius 3 is 2.38 bits per heavy atom. The van der Waals surface area contributed by atoms with E-state index in [-0.39, 0.29) is 6.04 Å². The second-order valence-electron chi connectivity index (χ2n) is 5.90. The first-order chi connectivity index (χ1) is 11.6. The van der Waals surface area contributed by atoms with E-state index >= 15 is 0 Å². The number of aryl methyl sites for hydroxylation is 3. The minimum absolute atomic E-state index is 0.108. The highest BCUT2D eigenvalue weighted by molar-refractivity contribution is 5.36. The van der Waals surface area contributed by atoms with E-state index in [1.54, 1.807) is 12.7 Å². The molecule has 1 atom stereocenters. The lowest BCUT2D eigenvalue weighted by Gasteiger charge is -2.20. The number of hydrogen-bond acceptors (Lipinski definition) is 5. The molecule has 0 spiro atoms. The highest BCUT2D eigenvalue weighted by Gasteiger charge is 2.14. The summed E-state index contributed by atoms with van der Waals surface area (Å²) in [4.78, 5) is 13.2. The van der Waals surface area contributed by atoms with Crippen LogP contribution in [0, 0.1) is 20.8 Å². The van der Waals surface area contributed by atoms with Gasteiger partial charge in [0.25, 0.3) is 0 Å². The van der Waals surface area contributed by atoms with Gasteiger partial charge in [-0.15, -0.1) is 0 Å². The third-order valence-corrected chi connectivity index (χ3v) is 4.25. The van der Waals surface area contributed by atoms with Crippen molar-refractivity contribution in [2.24, 2.45) is 0 Å². The zero-order valence-corrected chi connectivity index (χ0v) is 14.3. The minimum atomic E-state index is 0.108. The summed E-state index contributed by atoms with van der Waals surface area (Å²) < 4.78 is 1.84. The van der Waals surface area contributed by atoms with Crippen molar-refractivity contribution in [3.05, 3.63) is 65.5 Å². The molecule has 6 nitrogen and oxygen atoms in total. The summed E-state index contributed by atoms with van der Waals surface area (Å²) in [5, 5.41) is 7.66. The Morgan fingerprint density at radius 2 is 1.75 bits per heavy atom. The van der Waals surface area contributed by atoms with Gasteiger partial charge in [-0.2, -0.15) is 5.10 Å². The summed E-state index contributed by atoms with van der Waals surface area (Å²) in [6.07, 6.45) is 4.15. The molecule has 2 heterocycles. The van der Waals surface area contributed by atoms with Gasteiger partial charge in [-0.3, -0.25) is 4.68 Å². The third kappa shape index (κ3) is 3.76. The zero-order valence-electron chi connectivity index (χ0n) is 14.3. The van der Waals surface area contributed by atoms with Gasteiger partial charge in [-0.25, -0.2) is 15.0 Å². The van der Waals surface area contributed by atoms with Crippen molar-refractivity contribution < 1.29 is 0 Å². The Hall–Kier alpha value is -2.76. The lowest BCUT2D eigenvalue weighted by molar-refractivity contribution is 0.536. The van der Waals surface area contributed by atoms with Crippen LogP contribution in [0.3, 0.4) is 0 Å². The fourth-order valence-corrected chi connectivity index (χ4v) is 2.61. The van der Waals surface area contributed by atoms with Gasteiger partial charge in [0.05, 0.1) is 6.04 Å². The molecule has 3 aromatic rings. The van der Waals surface area contributed by atoms with Crippen LogP contribution in [0.2, 0.25) is 0 Å². The van der Waals surface area contributed by atoms with Crippen LogP contribution in [0.25, 0.3) is 0 Å². The maximum atomic E-state index is 4.59. The van der Waals surface area contributed by atoms with E-state index in [1.165, 1.54) is 5.56 Å². The number of hydrogen-bond donors (Lipinski definition) is 1. The monoisotopic (exact) mass is 322 g/mol. The van der Waals surface area contributed by atoms with Crippen LogP contribution in [0.4, 0.5) is 5.95 Å². The average molecular weight is 322 g/mol. The fraction of sp³-hybridized carbons (Fsp3) is 0.333. The van der Waals surface area contributed by atoms with Gasteiger partial charge >= 0.3 is 0 Å². The highest BCUT2D eigenvalue weighted by atomic mass is 15.3. The largest absolute Gasteiger partial charge is 0.347 e. The van der Waals surface area contributed by atoms with E-state index in [4.69, 9.17) is 0 Å². The number of anilines is 1. The second kappa shape index (κ2) is 7.21. The molecule has 0 aliphatic heterocycles. The molecule has 0 aliphatic carbocycles. The van der Waals surface area contributed by atoms with E-state index < -0.39 is 0 Å². The van der Waals surface area contributed by atoms with Crippen LogP contribution >= 0.6 is 0 Å². The Labute approximate surface area is 142 Å². The van der Waals surface area contributed by atoms with Crippen LogP contribution in [0.5, 0.6) is 0 Å². The van der Waals surface area contributed by atoms with Gasteiger partial charge in [0.1, 0.15) is 12.7 Å². The predicted molar refractivity (Wildman–Crippen MR) is 93.7 cm³/mol. The van der Waals surface area contributed by atoms with E-state index in [0.717, 1.165) is 29.9 Å². The van der Waals surface area contributed by atoms with Crippen molar-refractivity contribution in [1.29, 1.82) is 0 Å². The molecule has 1 unspecified atom stereocenters. The van der Waals surface area contributed by atoms with Gasteiger partial charge in [0, 0.05) is 17.9 Å². The first-order valence-corrected chi connectivity index (χ1v) is 8.09. The van der Waals surface area contributed by atoms with Gasteiger partial charge < -0.3 is 5.32 Å². The third-order valence-electron chi connectivity index (χ3n) is 4.25. The molecule has 6 heteroatoms. The van der Waals surface area contributed by atoms with E-state index in [1.807, 2.05) is 43.7 Å². The molecule has 1 aromatic carbocycles. The SMILES string of the molecule is Cc1nc(NC(CCn2cncn2)c2ccccc2)nc(C)c1C. The molecule has 0 radical (unpaired) electrons. The molecular formula is C18H22N6. The molecule has 124 valence electrons. The molecule has 3 rings (SSSR count). The summed E-state index contributed by atoms with van der Waals surface area (Å²) in [5.41, 5.74) is 4.36. The predicted octanol–water partition coefficient (Wildman–Crippen LogP) is 3.24. The maximum Gasteiger partial charge on any atom is 0.223 e. The molecule has 0 saturated carbocycles. The van der Waals surface area contributed by atoms with Crippen LogP contribution in [-0.2, 0) is 6.54 Å². The van der Waals surface area contributed by atoms with Crippen molar-refractivity contribution in [3.63, 3.8) is 0 Å². The molecule has 0 bridgehead atoms. The quantitative estimate of drug-likeness (QED) is 0.754. The van der Waals surface area contributed by atoms with Crippen molar-refractivity contribution in [3.8, 4) is 0 Å². The Balaban J connectivity index is 1.81. The summed E-state index contributed by atoms with van der Waals surface area (Å²) in [6, 6.07) is 10.5. The van der Waals surface area contributed by atoms with E-state index in [0.29, 0.717) is 5.95 Å². The van der Waals surface area contributed by atoms with Crippen LogP contribution in [0.15, 0.2) is 43.0 Å². The van der Waals surface area contributed by atoms with Gasteiger partial charge in [0.2, 0.25) is 5.95 Å². The van der Waals surface area contributed by atoms with E-state index in [9.17, 15) is 0 Å². The normalized spacial score (nSPS) is 12.1. The molecule has 24 heavy (non-hydrogen) atoms. The molecule has 1 N–H and O–H groups in total. The Kier molecular flexibility index (Phi) is 4.84. The maximum absolute atomic E-state index is 4.59. The average Bonchev–Trinajstić information content (AvgIpc) is 3.10. The lowest BCUT2D eigenvalue weighted by atomic mass is 10.0. The number of nitrogens with one attached hydrogen (secondary N) is 1. The Morgan fingerprint density at radius 1 is 1.04 bits per heavy atom. The van der Waals surface area contributed by atoms with Crippen LogP contribution in [0.1, 0.15) is 35.0 Å². The van der Waals surface area contributed by atoms with Gasteiger partial charge in [-0.1, -0.05) is 30.3 Å². The van der Waals surface area contributed by atoms with Crippen molar-refractivity contribution in [1.82, 2.24) is 24.7 Å². The number of nitrogens with zero attached hydrogens (tertiary/aromatic N) is 5. The summed E-state index contributed by atoms with van der Waals surface area (Å²) in [5.74, 6) is 0.669. The van der Waals surface area contributed by atoms with Gasteiger partial charge in [0.15, 0.2) is 0 Å². The van der Waals surface area contributed by atoms with Gasteiger partial charge in [-0.05, 0) is 38.3 Å². The second-order valence-corrected chi connectivity index (χ2v) is 5.90. The standard InChI is InChI=1S/C18H22N6/c1-13-14(2)21-18(22-15(13)3)23-17(16-7-5-4-6-8-16)9-10-24-12-19-11-20-24/h4-8,11-12,17H,9-10H2,1-3H3,(H,21,22,23). The summed E-state index contributed by atoms with van der Waals surface area (Å²) in [7, 11) is 0. The molecule has 2 aromatic heterocycles. The van der Waals surface area contributed by atoms with Crippen molar-refractivity contribution in [2.45, 2.75) is 39.8 Å². The fourth-order valence-electron chi connectivity index (χ4n) is 2.61. The zero-order chi connectivity index (χ0) is 16.9. The molecule has 0 aliphatic rings. The number of rotatable bonds is 6. The number of aromatic nitrogens is 5. The smallest absolute Gasteiger partial charge is 0.223 e. The van der Waals surface area contributed by atoms with Crippen LogP contribution in [-0.4, -0.2) is 24.7 Å². The number of benzene rings is 1. The van der Waals surface area contributed by atoms with Crippen LogP contribution < -0.4 is 5.32 Å². The minimum Gasteiger partial charge on any atom is -0.347 e. The summed E-state index contributed by atoms with van der Waals surface area (Å²) >= 11 is 0. The first-order valence-electron chi connectivity index (χ1n) is 8.09. The van der Waals surface area contributed by atoms with E-state index in [2.05, 4.69) is 37.5 Å². The van der Waals surface area contributed by atoms with Crippen molar-refractivity contribution >= 4 is 5.95 Å². The topological polar surface area (TPSA) is 68.5 Å². The summed E-state index contributed by atoms with van der Waals surface area (Å²) in [6.45, 7) is 6.86. The van der Waals surface area contributed by atoms with Crippen molar-refractivity contribution in [2.75, 3.05) is 5.32 Å². The molecule has 0 saturated heterocycles. The Bertz CT molecular complexity index is 760. The lowest BCUT2D eigenvalue weighted by Crippen LogP contribution is -2.16. The first kappa shape index (κ1) is 16.1. The molecule has 0 amide bonds.